The van der Waals surface area contributed by atoms with Gasteiger partial charge in [0.05, 0.1) is 30.0 Å². The van der Waals surface area contributed by atoms with Crippen molar-refractivity contribution in [3.63, 3.8) is 0 Å². The Labute approximate surface area is 300 Å². The fourth-order valence-electron chi connectivity index (χ4n) is 7.39. The molecule has 2 aromatic rings. The number of rotatable bonds is 14. The Kier molecular flexibility index (Phi) is 11.2. The van der Waals surface area contributed by atoms with E-state index in [-0.39, 0.29) is 48.7 Å². The second-order valence-electron chi connectivity index (χ2n) is 13.3. The zero-order valence-electron chi connectivity index (χ0n) is 29.8. The van der Waals surface area contributed by atoms with E-state index in [0.29, 0.717) is 27.9 Å². The number of aliphatic imine (C=N–C) groups is 1. The van der Waals surface area contributed by atoms with Gasteiger partial charge in [0.15, 0.2) is 0 Å². The third kappa shape index (κ3) is 7.44. The first-order chi connectivity index (χ1) is 24.7. The third-order valence-corrected chi connectivity index (χ3v) is 10.2. The fraction of sp³-hybridized carbons (Fsp3) is 0.395. The van der Waals surface area contributed by atoms with Crippen LogP contribution < -0.4 is 21.5 Å². The van der Waals surface area contributed by atoms with Gasteiger partial charge in [-0.2, -0.15) is 5.48 Å². The maximum absolute atomic E-state index is 13.0. The Bertz CT molecular complexity index is 2090. The summed E-state index contributed by atoms with van der Waals surface area (Å²) < 4.78 is 0. The van der Waals surface area contributed by atoms with Gasteiger partial charge in [0.1, 0.15) is 6.04 Å². The van der Waals surface area contributed by atoms with Gasteiger partial charge in [-0.15, -0.1) is 0 Å². The Morgan fingerprint density at radius 3 is 2.38 bits per heavy atom. The standard InChI is InChI=1S/C38H45N5O9/c1-7-21-17(3)25-13-27-19(5)23(9-10-32(44)45)35(41-27)24(11-12-52-43-31(37(48)49)16-33(46)47)36-34(38(50)51)20(6)28(42-36)15-30-22(8-2)18(4)26(40-30)14-29(21)39-25/h7,13-15,19,23,30-31,39-40,42-43H,1,8-12,16H2,2-6H3,(H,44,45)(H,46,47)(H,48,49)(H,50,51)/b26-14-,27-13-,28-15-,36-24-/t19-,23-,30?,31?/m0/s1. The highest BCUT2D eigenvalue weighted by Crippen LogP contribution is 2.39. The van der Waals surface area contributed by atoms with Gasteiger partial charge in [-0.05, 0) is 74.1 Å². The SMILES string of the molecule is C=Cc1c2[nH]c(c1C)/C=C1N=C(/C(CCONC(CC(=O)O)C(=O)O)=c3\[nH]/c(c(C)c3C(=O)O)=C\C3N/C(=C\2)C(C)=C3CC)[C@@H](CCC(=O)O)[C@@H]\1C. The molecular formula is C38H45N5O9. The van der Waals surface area contributed by atoms with Gasteiger partial charge in [-0.1, -0.05) is 26.5 Å². The Balaban J connectivity index is 1.79. The Morgan fingerprint density at radius 2 is 1.77 bits per heavy atom. The summed E-state index contributed by atoms with van der Waals surface area (Å²) in [5.41, 5.74) is 11.1. The second kappa shape index (κ2) is 15.4. The molecule has 0 aromatic carbocycles. The topological polar surface area (TPSA) is 226 Å². The molecule has 0 saturated carbocycles. The molecule has 276 valence electrons. The molecule has 5 heterocycles. The van der Waals surface area contributed by atoms with Crippen molar-refractivity contribution < 1.29 is 44.4 Å². The van der Waals surface area contributed by atoms with Gasteiger partial charge in [-0.3, -0.25) is 19.4 Å². The first-order valence-electron chi connectivity index (χ1n) is 17.2. The minimum atomic E-state index is -1.53. The number of H-pyrrole nitrogens is 2. The Hall–Kier alpha value is -5.47. The smallest absolute Gasteiger partial charge is 0.338 e. The zero-order valence-corrected chi connectivity index (χ0v) is 29.8. The molecule has 5 rings (SSSR count). The van der Waals surface area contributed by atoms with Crippen LogP contribution in [0.2, 0.25) is 0 Å². The summed E-state index contributed by atoms with van der Waals surface area (Å²) >= 11 is 0. The number of nitrogens with one attached hydrogen (secondary N) is 4. The maximum Gasteiger partial charge on any atom is 0.338 e. The fourth-order valence-corrected chi connectivity index (χ4v) is 7.39. The summed E-state index contributed by atoms with van der Waals surface area (Å²) in [6.07, 6.45) is 7.85. The molecule has 4 atom stereocenters. The van der Waals surface area contributed by atoms with E-state index in [2.05, 4.69) is 47.3 Å². The molecule has 3 aliphatic rings. The number of hydroxylamine groups is 1. The number of aromatic nitrogens is 2. The highest BCUT2D eigenvalue weighted by molar-refractivity contribution is 6.22. The van der Waals surface area contributed by atoms with Gasteiger partial charge < -0.3 is 40.5 Å². The van der Waals surface area contributed by atoms with E-state index >= 15 is 0 Å². The van der Waals surface area contributed by atoms with Crippen molar-refractivity contribution >= 4 is 59.5 Å². The van der Waals surface area contributed by atoms with E-state index in [4.69, 9.17) is 14.9 Å². The van der Waals surface area contributed by atoms with Gasteiger partial charge >= 0.3 is 23.9 Å². The summed E-state index contributed by atoms with van der Waals surface area (Å²) in [5.74, 6) is -5.61. The minimum absolute atomic E-state index is 0.0187. The van der Waals surface area contributed by atoms with Crippen LogP contribution in [0.4, 0.5) is 0 Å². The van der Waals surface area contributed by atoms with Crippen molar-refractivity contribution in [1.82, 2.24) is 20.8 Å². The van der Waals surface area contributed by atoms with E-state index < -0.39 is 42.3 Å². The van der Waals surface area contributed by atoms with Crippen LogP contribution in [0.25, 0.3) is 29.9 Å². The molecule has 3 aliphatic heterocycles. The summed E-state index contributed by atoms with van der Waals surface area (Å²) in [6.45, 7) is 13.7. The van der Waals surface area contributed by atoms with Gasteiger partial charge in [0.2, 0.25) is 0 Å². The molecule has 8 N–H and O–H groups in total. The Morgan fingerprint density at radius 1 is 1.04 bits per heavy atom. The number of hydrogen-bond donors (Lipinski definition) is 8. The van der Waals surface area contributed by atoms with Crippen molar-refractivity contribution in [2.75, 3.05) is 6.61 Å². The van der Waals surface area contributed by atoms with Gasteiger partial charge in [0.25, 0.3) is 0 Å². The number of carbonyl (C=O) groups is 4. The molecule has 0 amide bonds. The molecule has 0 spiro atoms. The number of aromatic carboxylic acids is 1. The van der Waals surface area contributed by atoms with Gasteiger partial charge in [-0.25, -0.2) is 4.79 Å². The minimum Gasteiger partial charge on any atom is -0.481 e. The number of carboxylic acids is 4. The van der Waals surface area contributed by atoms with Crippen molar-refractivity contribution in [2.24, 2.45) is 16.8 Å². The van der Waals surface area contributed by atoms with Crippen LogP contribution in [-0.2, 0) is 19.2 Å². The highest BCUT2D eigenvalue weighted by atomic mass is 16.6. The lowest BCUT2D eigenvalue weighted by atomic mass is 9.83. The van der Waals surface area contributed by atoms with Crippen molar-refractivity contribution in [2.45, 2.75) is 78.8 Å². The van der Waals surface area contributed by atoms with E-state index in [9.17, 15) is 34.5 Å². The van der Waals surface area contributed by atoms with Crippen LogP contribution >= 0.6 is 0 Å². The molecule has 2 aromatic heterocycles. The first kappa shape index (κ1) is 37.8. The van der Waals surface area contributed by atoms with Crippen molar-refractivity contribution in [1.29, 1.82) is 0 Å². The van der Waals surface area contributed by atoms with E-state index in [0.717, 1.165) is 45.8 Å². The largest absolute Gasteiger partial charge is 0.481 e. The summed E-state index contributed by atoms with van der Waals surface area (Å²) in [4.78, 5) is 65.2. The first-order valence-corrected chi connectivity index (χ1v) is 17.2. The molecular weight excluding hydrogens is 670 g/mol. The number of allylic oxidation sites excluding steroid dienone is 2. The van der Waals surface area contributed by atoms with Crippen LogP contribution in [-0.4, -0.2) is 78.7 Å². The average Bonchev–Trinajstić information content (AvgIpc) is 3.75. The average molecular weight is 716 g/mol. The van der Waals surface area contributed by atoms with Crippen molar-refractivity contribution in [3.8, 4) is 0 Å². The molecule has 0 saturated heterocycles. The molecule has 52 heavy (non-hydrogen) atoms. The normalized spacial score (nSPS) is 23.8. The summed E-state index contributed by atoms with van der Waals surface area (Å²) in [5, 5.41) is 43.4. The molecule has 14 heteroatoms. The monoisotopic (exact) mass is 715 g/mol. The lowest BCUT2D eigenvalue weighted by Crippen LogP contribution is -2.39. The van der Waals surface area contributed by atoms with Gasteiger partial charge in [0, 0.05) is 69.7 Å². The predicted molar refractivity (Wildman–Crippen MR) is 195 cm³/mol. The summed E-state index contributed by atoms with van der Waals surface area (Å²) in [6, 6.07) is -1.78. The second-order valence-corrected chi connectivity index (χ2v) is 13.3. The van der Waals surface area contributed by atoms with Crippen molar-refractivity contribution in [3.05, 3.63) is 73.5 Å². The number of aliphatic carboxylic acids is 3. The molecule has 0 fully saturated rings. The predicted octanol–water partition coefficient (Wildman–Crippen LogP) is 3.74. The quantitative estimate of drug-likeness (QED) is 0.104. The highest BCUT2D eigenvalue weighted by Gasteiger charge is 2.36. The van der Waals surface area contributed by atoms with Crippen LogP contribution in [0.3, 0.4) is 0 Å². The number of fused-ring (bicyclic) bond motifs is 7. The molecule has 14 nitrogen and oxygen atoms in total. The summed E-state index contributed by atoms with van der Waals surface area (Å²) in [7, 11) is 0. The number of carboxylic acid groups (broad SMARTS) is 4. The maximum atomic E-state index is 13.0. The molecule has 0 radical (unpaired) electrons. The zero-order chi connectivity index (χ0) is 38.0. The van der Waals surface area contributed by atoms with Crippen LogP contribution in [0.15, 0.2) is 34.1 Å². The lowest BCUT2D eigenvalue weighted by molar-refractivity contribution is -0.150. The molecule has 2 unspecified atom stereocenters. The van der Waals surface area contributed by atoms with E-state index in [1.807, 2.05) is 26.0 Å². The van der Waals surface area contributed by atoms with E-state index in [1.165, 1.54) is 0 Å². The molecule has 8 bridgehead atoms. The lowest BCUT2D eigenvalue weighted by Gasteiger charge is -2.20. The van der Waals surface area contributed by atoms with Crippen LogP contribution in [0.5, 0.6) is 0 Å². The molecule has 0 aliphatic carbocycles. The number of aromatic amines is 2. The third-order valence-electron chi connectivity index (χ3n) is 10.2. The van der Waals surface area contributed by atoms with E-state index in [1.54, 1.807) is 13.0 Å². The number of hydrogen-bond acceptors (Lipinski definition) is 8. The number of nitrogens with zero attached hydrogens (tertiary/aromatic N) is 1. The van der Waals surface area contributed by atoms with Crippen LogP contribution in [0.1, 0.15) is 91.3 Å². The van der Waals surface area contributed by atoms with Crippen LogP contribution in [0, 0.1) is 25.7 Å².